The molecule has 2 unspecified atom stereocenters. The number of nitrogens with zero attached hydrogens (tertiary/aromatic N) is 1. The van der Waals surface area contributed by atoms with Crippen LogP contribution < -0.4 is 10.6 Å². The first kappa shape index (κ1) is 9.04. The number of anilines is 1. The van der Waals surface area contributed by atoms with Crippen LogP contribution in [0, 0.1) is 17.8 Å². The summed E-state index contributed by atoms with van der Waals surface area (Å²) < 4.78 is 0. The monoisotopic (exact) mass is 204 g/mol. The predicted molar refractivity (Wildman–Crippen MR) is 59.8 cm³/mol. The van der Waals surface area contributed by atoms with E-state index in [1.54, 1.807) is 6.07 Å². The summed E-state index contributed by atoms with van der Waals surface area (Å²) in [4.78, 5) is 2.27. The first-order chi connectivity index (χ1) is 7.31. The second-order valence-corrected chi connectivity index (χ2v) is 4.62. The van der Waals surface area contributed by atoms with Gasteiger partial charge in [0, 0.05) is 13.1 Å². The minimum Gasteiger partial charge on any atom is -0.506 e. The smallest absolute Gasteiger partial charge is 0.138 e. The summed E-state index contributed by atoms with van der Waals surface area (Å²) in [6.45, 7) is 2.94. The maximum Gasteiger partial charge on any atom is 0.138 e. The number of hydrogen-bond donors (Lipinski definition) is 2. The molecule has 3 nitrogen and oxygen atoms in total. The van der Waals surface area contributed by atoms with Crippen LogP contribution in [0.3, 0.4) is 0 Å². The van der Waals surface area contributed by atoms with Gasteiger partial charge in [-0.25, -0.2) is 0 Å². The Morgan fingerprint density at radius 2 is 1.93 bits per heavy atom. The van der Waals surface area contributed by atoms with Gasteiger partial charge in [0.25, 0.3) is 0 Å². The lowest BCUT2D eigenvalue weighted by Gasteiger charge is -2.22. The van der Waals surface area contributed by atoms with E-state index in [-0.39, 0.29) is 0 Å². The second-order valence-electron chi connectivity index (χ2n) is 4.62. The van der Waals surface area contributed by atoms with Crippen LogP contribution >= 0.6 is 0 Å². The van der Waals surface area contributed by atoms with Crippen LogP contribution in [0.1, 0.15) is 0 Å². The van der Waals surface area contributed by atoms with Crippen LogP contribution in [-0.2, 0) is 0 Å². The molecule has 2 aliphatic rings. The van der Waals surface area contributed by atoms with E-state index in [1.165, 1.54) is 0 Å². The van der Waals surface area contributed by atoms with Gasteiger partial charge < -0.3 is 15.7 Å². The molecule has 80 valence electrons. The minimum atomic E-state index is 0.392. The Balaban J connectivity index is 1.75. The van der Waals surface area contributed by atoms with E-state index in [2.05, 4.69) is 4.90 Å². The van der Waals surface area contributed by atoms with Crippen molar-refractivity contribution in [2.24, 2.45) is 23.5 Å². The number of rotatable bonds is 2. The molecular formula is C12H16N2O. The summed E-state index contributed by atoms with van der Waals surface area (Å²) in [5.74, 6) is 2.68. The van der Waals surface area contributed by atoms with Gasteiger partial charge in [-0.3, -0.25) is 0 Å². The van der Waals surface area contributed by atoms with E-state index in [0.29, 0.717) is 5.75 Å². The van der Waals surface area contributed by atoms with E-state index >= 15 is 0 Å². The maximum absolute atomic E-state index is 9.73. The van der Waals surface area contributed by atoms with Crippen molar-refractivity contribution in [3.05, 3.63) is 24.3 Å². The Morgan fingerprint density at radius 3 is 2.53 bits per heavy atom. The highest BCUT2D eigenvalue weighted by atomic mass is 16.3. The van der Waals surface area contributed by atoms with Crippen LogP contribution in [0.25, 0.3) is 0 Å². The molecule has 0 aromatic heterocycles. The average Bonchev–Trinajstić information content (AvgIpc) is 2.72. The largest absolute Gasteiger partial charge is 0.506 e. The first-order valence-electron chi connectivity index (χ1n) is 5.54. The number of aromatic hydroxyl groups is 1. The third-order valence-electron chi connectivity index (χ3n) is 3.87. The zero-order valence-corrected chi connectivity index (χ0v) is 8.63. The van der Waals surface area contributed by atoms with E-state index in [4.69, 9.17) is 5.73 Å². The SMILES string of the molecule is NCC1C2CN(c3ccccc3O)CC12. The Kier molecular flexibility index (Phi) is 1.89. The van der Waals surface area contributed by atoms with Crippen molar-refractivity contribution >= 4 is 5.69 Å². The standard InChI is InChI=1S/C12H16N2O/c13-5-8-9-6-14(7-10(8)9)11-3-1-2-4-12(11)15/h1-4,8-10,15H,5-7,13H2. The molecule has 1 saturated heterocycles. The molecular weight excluding hydrogens is 188 g/mol. The summed E-state index contributed by atoms with van der Waals surface area (Å²) in [7, 11) is 0. The first-order valence-corrected chi connectivity index (χ1v) is 5.54. The van der Waals surface area contributed by atoms with Crippen molar-refractivity contribution in [1.82, 2.24) is 0 Å². The second kappa shape index (κ2) is 3.14. The number of phenolic OH excluding ortho intramolecular Hbond substituents is 1. The lowest BCUT2D eigenvalue weighted by Crippen LogP contribution is -2.25. The highest BCUT2D eigenvalue weighted by Crippen LogP contribution is 2.52. The number of nitrogens with two attached hydrogens (primary N) is 1. The fourth-order valence-electron chi connectivity index (χ4n) is 2.93. The molecule has 3 N–H and O–H groups in total. The normalized spacial score (nSPS) is 32.9. The van der Waals surface area contributed by atoms with Crippen LogP contribution in [-0.4, -0.2) is 24.7 Å². The van der Waals surface area contributed by atoms with E-state index < -0.39 is 0 Å². The van der Waals surface area contributed by atoms with Gasteiger partial charge in [0.05, 0.1) is 5.69 Å². The molecule has 2 atom stereocenters. The maximum atomic E-state index is 9.73. The van der Waals surface area contributed by atoms with Crippen molar-refractivity contribution in [1.29, 1.82) is 0 Å². The van der Waals surface area contributed by atoms with Gasteiger partial charge in [-0.15, -0.1) is 0 Å². The topological polar surface area (TPSA) is 49.5 Å². The van der Waals surface area contributed by atoms with Crippen LogP contribution in [0.4, 0.5) is 5.69 Å². The van der Waals surface area contributed by atoms with Crippen molar-refractivity contribution in [3.63, 3.8) is 0 Å². The molecule has 3 rings (SSSR count). The number of fused-ring (bicyclic) bond motifs is 1. The molecule has 1 aliphatic carbocycles. The summed E-state index contributed by atoms with van der Waals surface area (Å²) in [5.41, 5.74) is 6.64. The number of phenols is 1. The highest BCUT2D eigenvalue weighted by Gasteiger charge is 2.54. The molecule has 0 spiro atoms. The molecule has 1 aromatic rings. The fourth-order valence-corrected chi connectivity index (χ4v) is 2.93. The highest BCUT2D eigenvalue weighted by molar-refractivity contribution is 5.59. The van der Waals surface area contributed by atoms with Gasteiger partial charge in [-0.2, -0.15) is 0 Å². The zero-order valence-electron chi connectivity index (χ0n) is 8.63. The van der Waals surface area contributed by atoms with Gasteiger partial charge >= 0.3 is 0 Å². The Bertz CT molecular complexity index is 368. The van der Waals surface area contributed by atoms with Crippen LogP contribution in [0.2, 0.25) is 0 Å². The molecule has 1 heterocycles. The van der Waals surface area contributed by atoms with Gasteiger partial charge in [0.15, 0.2) is 0 Å². The van der Waals surface area contributed by atoms with Gasteiger partial charge in [-0.1, -0.05) is 12.1 Å². The van der Waals surface area contributed by atoms with Crippen molar-refractivity contribution < 1.29 is 5.11 Å². The van der Waals surface area contributed by atoms with Crippen molar-refractivity contribution in [2.75, 3.05) is 24.5 Å². The van der Waals surface area contributed by atoms with Crippen LogP contribution in [0.5, 0.6) is 5.75 Å². The zero-order chi connectivity index (χ0) is 10.4. The predicted octanol–water partition coefficient (Wildman–Crippen LogP) is 1.03. The number of piperidine rings is 1. The van der Waals surface area contributed by atoms with Crippen molar-refractivity contribution in [3.8, 4) is 5.75 Å². The number of hydrogen-bond acceptors (Lipinski definition) is 3. The van der Waals surface area contributed by atoms with Crippen LogP contribution in [0.15, 0.2) is 24.3 Å². The molecule has 1 aliphatic heterocycles. The van der Waals surface area contributed by atoms with E-state index in [0.717, 1.165) is 43.1 Å². The molecule has 1 saturated carbocycles. The number of para-hydroxylation sites is 2. The molecule has 3 heteroatoms. The van der Waals surface area contributed by atoms with Gasteiger partial charge in [0.1, 0.15) is 5.75 Å². The summed E-state index contributed by atoms with van der Waals surface area (Å²) in [5, 5.41) is 9.73. The Labute approximate surface area is 89.5 Å². The Morgan fingerprint density at radius 1 is 1.27 bits per heavy atom. The lowest BCUT2D eigenvalue weighted by atomic mass is 10.2. The molecule has 0 amide bonds. The molecule has 0 bridgehead atoms. The third-order valence-corrected chi connectivity index (χ3v) is 3.87. The lowest BCUT2D eigenvalue weighted by molar-refractivity contribution is 0.473. The minimum absolute atomic E-state index is 0.392. The average molecular weight is 204 g/mol. The van der Waals surface area contributed by atoms with E-state index in [9.17, 15) is 5.11 Å². The molecule has 1 aromatic carbocycles. The molecule has 2 fully saturated rings. The fraction of sp³-hybridized carbons (Fsp3) is 0.500. The van der Waals surface area contributed by atoms with E-state index in [1.807, 2.05) is 18.2 Å². The van der Waals surface area contributed by atoms with Gasteiger partial charge in [-0.05, 0) is 36.4 Å². The molecule has 15 heavy (non-hydrogen) atoms. The molecule has 0 radical (unpaired) electrons. The van der Waals surface area contributed by atoms with Gasteiger partial charge in [0.2, 0.25) is 0 Å². The summed E-state index contributed by atoms with van der Waals surface area (Å²) in [6, 6.07) is 7.56. The third kappa shape index (κ3) is 1.30. The quantitative estimate of drug-likeness (QED) is 0.756. The summed E-state index contributed by atoms with van der Waals surface area (Å²) >= 11 is 0. The van der Waals surface area contributed by atoms with Crippen molar-refractivity contribution in [2.45, 2.75) is 0 Å². The summed E-state index contributed by atoms with van der Waals surface area (Å²) in [6.07, 6.45) is 0. The number of benzene rings is 1. The Hall–Kier alpha value is -1.22.